The van der Waals surface area contributed by atoms with Gasteiger partial charge in [-0.2, -0.15) is 0 Å². The predicted molar refractivity (Wildman–Crippen MR) is 121 cm³/mol. The summed E-state index contributed by atoms with van der Waals surface area (Å²) in [5.74, 6) is -1.70. The van der Waals surface area contributed by atoms with Crippen LogP contribution in [0.1, 0.15) is 36.6 Å². The van der Waals surface area contributed by atoms with E-state index in [1.807, 2.05) is 19.9 Å². The van der Waals surface area contributed by atoms with Crippen LogP contribution in [0.25, 0.3) is 5.76 Å². The molecule has 0 radical (unpaired) electrons. The zero-order valence-electron chi connectivity index (χ0n) is 18.2. The van der Waals surface area contributed by atoms with Crippen LogP contribution in [-0.2, 0) is 16.1 Å². The minimum atomic E-state index is -0.830. The topological polar surface area (TPSA) is 79.7 Å². The predicted octanol–water partition coefficient (Wildman–Crippen LogP) is 4.63. The molecule has 0 unspecified atom stereocenters. The summed E-state index contributed by atoms with van der Waals surface area (Å²) in [6.45, 7) is 3.96. The maximum Gasteiger partial charge on any atom is 0.295 e. The van der Waals surface area contributed by atoms with Crippen molar-refractivity contribution in [2.45, 2.75) is 32.5 Å². The van der Waals surface area contributed by atoms with Gasteiger partial charge in [-0.25, -0.2) is 4.39 Å². The van der Waals surface area contributed by atoms with Crippen LogP contribution in [0, 0.1) is 5.82 Å². The molecule has 6 nitrogen and oxygen atoms in total. The Morgan fingerprint density at radius 3 is 2.39 bits per heavy atom. The average Bonchev–Trinajstić information content (AvgIpc) is 3.05. The van der Waals surface area contributed by atoms with Gasteiger partial charge >= 0.3 is 0 Å². The molecule has 1 fully saturated rings. The van der Waals surface area contributed by atoms with Gasteiger partial charge in [0, 0.05) is 24.5 Å². The van der Waals surface area contributed by atoms with Gasteiger partial charge < -0.3 is 14.7 Å². The zero-order valence-corrected chi connectivity index (χ0v) is 18.2. The van der Waals surface area contributed by atoms with Crippen LogP contribution in [0.15, 0.2) is 78.6 Å². The van der Waals surface area contributed by atoms with Gasteiger partial charge in [-0.15, -0.1) is 0 Å². The van der Waals surface area contributed by atoms with Crippen LogP contribution in [-0.4, -0.2) is 32.8 Å². The SMILES string of the molecule is CC(C)Oc1ccc([C@H]2C(=C(O)c3ccc(F)cc3)C(=O)C(=O)N2Cc2cccnc2)cc1. The summed E-state index contributed by atoms with van der Waals surface area (Å²) in [4.78, 5) is 31.6. The van der Waals surface area contributed by atoms with Crippen molar-refractivity contribution in [2.24, 2.45) is 0 Å². The first kappa shape index (κ1) is 22.2. The normalized spacial score (nSPS) is 17.6. The second-order valence-corrected chi connectivity index (χ2v) is 8.03. The molecular weight excluding hydrogens is 423 g/mol. The van der Waals surface area contributed by atoms with Gasteiger partial charge in [-0.05, 0) is 67.4 Å². The quantitative estimate of drug-likeness (QED) is 0.339. The van der Waals surface area contributed by atoms with Gasteiger partial charge in [-0.1, -0.05) is 18.2 Å². The van der Waals surface area contributed by atoms with Crippen LogP contribution >= 0.6 is 0 Å². The number of pyridine rings is 1. The molecule has 1 aliphatic heterocycles. The van der Waals surface area contributed by atoms with Gasteiger partial charge in [0.05, 0.1) is 17.7 Å². The molecule has 1 aromatic heterocycles. The summed E-state index contributed by atoms with van der Waals surface area (Å²) >= 11 is 0. The number of likely N-dealkylation sites (tertiary alicyclic amines) is 1. The number of carbonyl (C=O) groups is 2. The fraction of sp³-hybridized carbons (Fsp3) is 0.192. The van der Waals surface area contributed by atoms with Crippen LogP contribution in [0.4, 0.5) is 4.39 Å². The molecule has 0 saturated carbocycles. The van der Waals surface area contributed by atoms with Crippen LogP contribution in [0.2, 0.25) is 0 Å². The second kappa shape index (κ2) is 9.24. The van der Waals surface area contributed by atoms with Gasteiger partial charge in [0.2, 0.25) is 0 Å². The number of ether oxygens (including phenoxy) is 1. The monoisotopic (exact) mass is 446 g/mol. The Kier molecular flexibility index (Phi) is 6.22. The second-order valence-electron chi connectivity index (χ2n) is 8.03. The largest absolute Gasteiger partial charge is 0.507 e. The van der Waals surface area contributed by atoms with Gasteiger partial charge in [0.25, 0.3) is 11.7 Å². The first-order valence-corrected chi connectivity index (χ1v) is 10.5. The summed E-state index contributed by atoms with van der Waals surface area (Å²) in [6.07, 6.45) is 3.23. The van der Waals surface area contributed by atoms with E-state index in [2.05, 4.69) is 4.98 Å². The molecule has 0 aliphatic carbocycles. The van der Waals surface area contributed by atoms with E-state index in [1.54, 1.807) is 42.7 Å². The Morgan fingerprint density at radius 2 is 1.79 bits per heavy atom. The Bertz CT molecular complexity index is 1190. The highest BCUT2D eigenvalue weighted by atomic mass is 19.1. The number of aliphatic hydroxyl groups is 1. The third-order valence-corrected chi connectivity index (χ3v) is 5.30. The van der Waals surface area contributed by atoms with Crippen molar-refractivity contribution >= 4 is 17.4 Å². The van der Waals surface area contributed by atoms with Crippen LogP contribution in [0.3, 0.4) is 0 Å². The van der Waals surface area contributed by atoms with Crippen molar-refractivity contribution in [3.8, 4) is 5.75 Å². The van der Waals surface area contributed by atoms with E-state index in [1.165, 1.54) is 29.2 Å². The maximum absolute atomic E-state index is 13.4. The standard InChI is InChI=1S/C26H23FN2O4/c1-16(2)33-21-11-7-18(8-12-21)23-22(24(30)19-5-9-20(27)10-6-19)25(31)26(32)29(23)15-17-4-3-13-28-14-17/h3-14,16,23,30H,15H2,1-2H3/t23-/m0/s1. The molecule has 2 aromatic carbocycles. The first-order chi connectivity index (χ1) is 15.8. The van der Waals surface area contributed by atoms with E-state index in [9.17, 15) is 19.1 Å². The summed E-state index contributed by atoms with van der Waals surface area (Å²) in [5, 5.41) is 11.0. The number of Topliss-reactive ketones (excluding diaryl/α,β-unsaturated/α-hetero) is 1. The molecule has 2 heterocycles. The smallest absolute Gasteiger partial charge is 0.295 e. The minimum Gasteiger partial charge on any atom is -0.507 e. The Hall–Kier alpha value is -4.00. The first-order valence-electron chi connectivity index (χ1n) is 10.5. The minimum absolute atomic E-state index is 0.00876. The molecular formula is C26H23FN2O4. The number of carbonyl (C=O) groups excluding carboxylic acids is 2. The highest BCUT2D eigenvalue weighted by molar-refractivity contribution is 6.46. The highest BCUT2D eigenvalue weighted by Crippen LogP contribution is 2.40. The summed E-state index contributed by atoms with van der Waals surface area (Å²) in [7, 11) is 0. The molecule has 0 bridgehead atoms. The molecule has 1 atom stereocenters. The summed E-state index contributed by atoms with van der Waals surface area (Å²) < 4.78 is 19.1. The lowest BCUT2D eigenvalue weighted by atomic mass is 9.95. The average molecular weight is 446 g/mol. The fourth-order valence-electron chi connectivity index (χ4n) is 3.84. The number of hydrogen-bond donors (Lipinski definition) is 1. The lowest BCUT2D eigenvalue weighted by molar-refractivity contribution is -0.140. The third kappa shape index (κ3) is 4.62. The number of amides is 1. The van der Waals surface area contributed by atoms with E-state index in [4.69, 9.17) is 4.74 Å². The van der Waals surface area contributed by atoms with Gasteiger partial charge in [-0.3, -0.25) is 14.6 Å². The summed E-state index contributed by atoms with van der Waals surface area (Å²) in [6, 6.07) is 14.9. The molecule has 168 valence electrons. The molecule has 1 aliphatic rings. The van der Waals surface area contributed by atoms with E-state index >= 15 is 0 Å². The van der Waals surface area contributed by atoms with Gasteiger partial charge in [0.1, 0.15) is 17.3 Å². The number of halogens is 1. The van der Waals surface area contributed by atoms with E-state index in [0.29, 0.717) is 11.3 Å². The van der Waals surface area contributed by atoms with E-state index in [0.717, 1.165) is 5.56 Å². The number of benzene rings is 2. The molecule has 7 heteroatoms. The van der Waals surface area contributed by atoms with E-state index in [-0.39, 0.29) is 29.5 Å². The number of ketones is 1. The zero-order chi connectivity index (χ0) is 23.5. The fourth-order valence-corrected chi connectivity index (χ4v) is 3.84. The highest BCUT2D eigenvalue weighted by Gasteiger charge is 2.46. The molecule has 3 aromatic rings. The molecule has 0 spiro atoms. The van der Waals surface area contributed by atoms with Crippen molar-refractivity contribution < 1.29 is 23.8 Å². The molecule has 33 heavy (non-hydrogen) atoms. The Balaban J connectivity index is 1.81. The lowest BCUT2D eigenvalue weighted by Crippen LogP contribution is -2.29. The molecule has 4 rings (SSSR count). The van der Waals surface area contributed by atoms with Crippen molar-refractivity contribution in [1.29, 1.82) is 0 Å². The Labute approximate surface area is 191 Å². The number of rotatable bonds is 6. The molecule has 1 N–H and O–H groups in total. The third-order valence-electron chi connectivity index (χ3n) is 5.30. The van der Waals surface area contributed by atoms with E-state index < -0.39 is 23.5 Å². The Morgan fingerprint density at radius 1 is 1.09 bits per heavy atom. The summed E-state index contributed by atoms with van der Waals surface area (Å²) in [5.41, 5.74) is 1.58. The number of nitrogens with zero attached hydrogens (tertiary/aromatic N) is 2. The van der Waals surface area contributed by atoms with Crippen LogP contribution in [0.5, 0.6) is 5.75 Å². The van der Waals surface area contributed by atoms with Crippen molar-refractivity contribution in [3.05, 3.63) is 101 Å². The van der Waals surface area contributed by atoms with Crippen molar-refractivity contribution in [1.82, 2.24) is 9.88 Å². The number of aliphatic hydroxyl groups excluding tert-OH is 1. The lowest BCUT2D eigenvalue weighted by Gasteiger charge is -2.25. The van der Waals surface area contributed by atoms with Gasteiger partial charge in [0.15, 0.2) is 0 Å². The number of hydrogen-bond acceptors (Lipinski definition) is 5. The molecule has 1 saturated heterocycles. The van der Waals surface area contributed by atoms with Crippen molar-refractivity contribution in [2.75, 3.05) is 0 Å². The number of aromatic nitrogens is 1. The molecule has 1 amide bonds. The van der Waals surface area contributed by atoms with Crippen molar-refractivity contribution in [3.63, 3.8) is 0 Å². The maximum atomic E-state index is 13.4. The van der Waals surface area contributed by atoms with Crippen LogP contribution < -0.4 is 4.74 Å².